The molecule has 0 N–H and O–H groups in total. The van der Waals surface area contributed by atoms with Gasteiger partial charge in [-0.05, 0) is 58.7 Å². The zero-order valence-corrected chi connectivity index (χ0v) is 23.7. The summed E-state index contributed by atoms with van der Waals surface area (Å²) in [5, 5.41) is 1.91. The van der Waals surface area contributed by atoms with Crippen molar-refractivity contribution in [1.82, 2.24) is 14.9 Å². The second-order valence-electron chi connectivity index (χ2n) is 11.5. The molecule has 2 atom stereocenters. The van der Waals surface area contributed by atoms with Crippen LogP contribution >= 0.6 is 0 Å². The van der Waals surface area contributed by atoms with E-state index < -0.39 is 36.5 Å². The topological polar surface area (TPSA) is 43.9 Å². The van der Waals surface area contributed by atoms with Crippen LogP contribution in [0.1, 0.15) is 64.7 Å². The molecule has 6 rings (SSSR count). The Bertz CT molecular complexity index is 1560. The van der Waals surface area contributed by atoms with Crippen molar-refractivity contribution in [3.8, 4) is 11.1 Å². The molecule has 43 heavy (non-hydrogen) atoms. The molecule has 0 radical (unpaired) electrons. The lowest BCUT2D eigenvalue weighted by Crippen LogP contribution is -2.56. The van der Waals surface area contributed by atoms with Crippen LogP contribution in [0.3, 0.4) is 0 Å². The molecule has 3 aromatic carbocycles. The first-order valence-electron chi connectivity index (χ1n) is 14.6. The second kappa shape index (κ2) is 11.0. The molecule has 3 aliphatic rings. The summed E-state index contributed by atoms with van der Waals surface area (Å²) in [6.45, 7) is 0.557. The molecule has 0 aromatic heterocycles. The Morgan fingerprint density at radius 2 is 1.63 bits per heavy atom. The molecule has 3 aromatic rings. The highest BCUT2D eigenvalue weighted by Gasteiger charge is 2.60. The highest BCUT2D eigenvalue weighted by molar-refractivity contribution is 5.99. The van der Waals surface area contributed by atoms with Gasteiger partial charge in [-0.25, -0.2) is 5.01 Å². The summed E-state index contributed by atoms with van der Waals surface area (Å²) in [6, 6.07) is 19.5. The van der Waals surface area contributed by atoms with Crippen molar-refractivity contribution in [2.45, 2.75) is 63.2 Å². The summed E-state index contributed by atoms with van der Waals surface area (Å²) in [5.41, 5.74) is 5.10. The molecular formula is C33H32F5N3O2. The number of hydrogen-bond donors (Lipinski definition) is 0. The number of unbranched alkanes of at least 4 members (excludes halogenated alkanes) is 1. The van der Waals surface area contributed by atoms with Crippen molar-refractivity contribution in [2.75, 3.05) is 19.6 Å². The normalized spacial score (nSPS) is 19.9. The first-order valence-corrected chi connectivity index (χ1v) is 14.6. The maximum Gasteiger partial charge on any atom is 0.455 e. The summed E-state index contributed by atoms with van der Waals surface area (Å²) in [6.07, 6.45) is -3.12. The Morgan fingerprint density at radius 1 is 0.930 bits per heavy atom. The van der Waals surface area contributed by atoms with E-state index in [2.05, 4.69) is 0 Å². The molecule has 2 amide bonds. The van der Waals surface area contributed by atoms with E-state index in [0.717, 1.165) is 35.1 Å². The van der Waals surface area contributed by atoms with Crippen LogP contribution in [0.2, 0.25) is 0 Å². The fraction of sp³-hybridized carbons (Fsp3) is 0.394. The molecular weight excluding hydrogens is 565 g/mol. The highest BCUT2D eigenvalue weighted by atomic mass is 19.4. The first kappa shape index (κ1) is 29.3. The maximum atomic E-state index is 14.7. The lowest BCUT2D eigenvalue weighted by atomic mass is 9.89. The molecule has 2 unspecified atom stereocenters. The van der Waals surface area contributed by atoms with Gasteiger partial charge >= 0.3 is 12.1 Å². The number of fused-ring (bicyclic) bond motifs is 4. The third kappa shape index (κ3) is 5.09. The third-order valence-corrected chi connectivity index (χ3v) is 8.88. The number of hydrogen-bond acceptors (Lipinski definition) is 3. The largest absolute Gasteiger partial charge is 0.455 e. The quantitative estimate of drug-likeness (QED) is 0.268. The van der Waals surface area contributed by atoms with Gasteiger partial charge in [0.1, 0.15) is 6.54 Å². The van der Waals surface area contributed by atoms with Crippen LogP contribution in [-0.2, 0) is 17.8 Å². The number of hydrazine groups is 1. The van der Waals surface area contributed by atoms with Gasteiger partial charge in [-0.15, -0.1) is 0 Å². The van der Waals surface area contributed by atoms with Crippen molar-refractivity contribution in [3.63, 3.8) is 0 Å². The summed E-state index contributed by atoms with van der Waals surface area (Å²) in [5.74, 6) is -7.20. The van der Waals surface area contributed by atoms with E-state index in [1.165, 1.54) is 5.01 Å². The molecule has 226 valence electrons. The Morgan fingerprint density at radius 3 is 2.35 bits per heavy atom. The average Bonchev–Trinajstić information content (AvgIpc) is 3.68. The number of alkyl halides is 5. The zero-order chi connectivity index (χ0) is 30.5. The third-order valence-electron chi connectivity index (χ3n) is 8.88. The van der Waals surface area contributed by atoms with E-state index in [9.17, 15) is 31.5 Å². The summed E-state index contributed by atoms with van der Waals surface area (Å²) in [4.78, 5) is 29.2. The Labute approximate surface area is 246 Å². The smallest absolute Gasteiger partial charge is 0.330 e. The van der Waals surface area contributed by atoms with E-state index in [1.54, 1.807) is 29.2 Å². The SMILES string of the molecule is CCCCc1cccc2c1C(C(=O)N(CC(F)(F)C(F)(F)F)N1CCC(N3Cc4ccccc4C3=O)C1)c1ccccc1-2. The van der Waals surface area contributed by atoms with E-state index in [1.807, 2.05) is 49.4 Å². The zero-order valence-electron chi connectivity index (χ0n) is 23.7. The van der Waals surface area contributed by atoms with Crippen molar-refractivity contribution in [1.29, 1.82) is 0 Å². The average molecular weight is 598 g/mol. The fourth-order valence-electron chi connectivity index (χ4n) is 6.69. The van der Waals surface area contributed by atoms with Gasteiger partial charge in [0, 0.05) is 31.2 Å². The minimum Gasteiger partial charge on any atom is -0.330 e. The monoisotopic (exact) mass is 597 g/mol. The van der Waals surface area contributed by atoms with Crippen LogP contribution in [0, 0.1) is 0 Å². The number of rotatable bonds is 8. The molecule has 1 saturated heterocycles. The van der Waals surface area contributed by atoms with Gasteiger partial charge in [-0.3, -0.25) is 14.6 Å². The molecule has 5 nitrogen and oxygen atoms in total. The van der Waals surface area contributed by atoms with E-state index in [-0.39, 0.29) is 19.0 Å². The van der Waals surface area contributed by atoms with Crippen LogP contribution in [0.5, 0.6) is 0 Å². The Kier molecular flexibility index (Phi) is 7.52. The van der Waals surface area contributed by atoms with E-state index >= 15 is 0 Å². The second-order valence-corrected chi connectivity index (χ2v) is 11.5. The van der Waals surface area contributed by atoms with Gasteiger partial charge in [-0.1, -0.05) is 74.0 Å². The lowest BCUT2D eigenvalue weighted by molar-refractivity contribution is -0.292. The minimum absolute atomic E-state index is 0.0297. The van der Waals surface area contributed by atoms with Gasteiger partial charge in [0.2, 0.25) is 5.91 Å². The van der Waals surface area contributed by atoms with Crippen molar-refractivity contribution in [3.05, 3.63) is 94.5 Å². The predicted octanol–water partition coefficient (Wildman–Crippen LogP) is 6.81. The molecule has 10 heteroatoms. The van der Waals surface area contributed by atoms with Crippen LogP contribution < -0.4 is 0 Å². The van der Waals surface area contributed by atoms with Crippen molar-refractivity contribution in [2.24, 2.45) is 0 Å². The van der Waals surface area contributed by atoms with Gasteiger partial charge in [-0.2, -0.15) is 22.0 Å². The summed E-state index contributed by atoms with van der Waals surface area (Å²) in [7, 11) is 0. The van der Waals surface area contributed by atoms with E-state index in [0.29, 0.717) is 41.1 Å². The molecule has 1 fully saturated rings. The van der Waals surface area contributed by atoms with Crippen molar-refractivity contribution >= 4 is 11.8 Å². The number of amides is 2. The van der Waals surface area contributed by atoms with Gasteiger partial charge in [0.05, 0.1) is 5.92 Å². The first-order chi connectivity index (χ1) is 20.5. The molecule has 2 aliphatic heterocycles. The summed E-state index contributed by atoms with van der Waals surface area (Å²) < 4.78 is 70.2. The number of halogens is 5. The number of carbonyl (C=O) groups excluding carboxylic acids is 2. The number of aryl methyl sites for hydroxylation is 1. The Hall–Kier alpha value is -3.79. The molecule has 2 heterocycles. The van der Waals surface area contributed by atoms with Crippen molar-refractivity contribution < 1.29 is 31.5 Å². The number of nitrogens with zero attached hydrogens (tertiary/aromatic N) is 3. The van der Waals surface area contributed by atoms with Crippen LogP contribution in [0.25, 0.3) is 11.1 Å². The molecule has 0 saturated carbocycles. The van der Waals surface area contributed by atoms with Gasteiger partial charge in [0.15, 0.2) is 0 Å². The lowest BCUT2D eigenvalue weighted by Gasteiger charge is -2.37. The standard InChI is InChI=1S/C33H32F5N3O2/c1-2-3-9-21-11-8-15-26-25-13-6-7-14-27(25)29(28(21)26)31(43)41(20-32(34,35)33(36,37)38)39-17-16-23(19-39)40-18-22-10-4-5-12-24(22)30(40)42/h4-8,10-15,23,29H,2-3,9,16-20H2,1H3. The van der Waals surface area contributed by atoms with E-state index in [4.69, 9.17) is 0 Å². The number of carbonyl (C=O) groups is 2. The Balaban J connectivity index is 1.36. The van der Waals surface area contributed by atoms with Crippen LogP contribution in [0.4, 0.5) is 22.0 Å². The van der Waals surface area contributed by atoms with Crippen LogP contribution in [0.15, 0.2) is 66.7 Å². The predicted molar refractivity (Wildman–Crippen MR) is 151 cm³/mol. The molecule has 0 bridgehead atoms. The molecule has 0 spiro atoms. The summed E-state index contributed by atoms with van der Waals surface area (Å²) >= 11 is 0. The van der Waals surface area contributed by atoms with Gasteiger partial charge < -0.3 is 4.90 Å². The highest BCUT2D eigenvalue weighted by Crippen LogP contribution is 2.48. The number of benzene rings is 3. The minimum atomic E-state index is -5.84. The van der Waals surface area contributed by atoms with Crippen LogP contribution in [-0.4, -0.2) is 64.5 Å². The fourth-order valence-corrected chi connectivity index (χ4v) is 6.69. The maximum absolute atomic E-state index is 14.7. The molecule has 1 aliphatic carbocycles. The van der Waals surface area contributed by atoms with Gasteiger partial charge in [0.25, 0.3) is 5.91 Å².